The number of aromatic nitrogens is 2. The predicted octanol–water partition coefficient (Wildman–Crippen LogP) is 0.673. The van der Waals surface area contributed by atoms with Crippen LogP contribution < -0.4 is 16.4 Å². The Bertz CT molecular complexity index is 380. The first kappa shape index (κ1) is 11.9. The first-order valence-corrected chi connectivity index (χ1v) is 5.99. The van der Waals surface area contributed by atoms with Crippen LogP contribution in [-0.2, 0) is 0 Å². The van der Waals surface area contributed by atoms with Crippen LogP contribution >= 0.6 is 0 Å². The Labute approximate surface area is 101 Å². The summed E-state index contributed by atoms with van der Waals surface area (Å²) in [6, 6.07) is 1.79. The number of nitrogen functional groups attached to an aromatic ring is 1. The summed E-state index contributed by atoms with van der Waals surface area (Å²) in [7, 11) is 0. The van der Waals surface area contributed by atoms with Crippen molar-refractivity contribution in [2.24, 2.45) is 5.92 Å². The van der Waals surface area contributed by atoms with Crippen molar-refractivity contribution in [3.8, 4) is 0 Å². The average Bonchev–Trinajstić information content (AvgIpc) is 3.09. The Morgan fingerprint density at radius 1 is 1.41 bits per heavy atom. The Morgan fingerprint density at radius 2 is 2.06 bits per heavy atom. The van der Waals surface area contributed by atoms with Gasteiger partial charge in [0, 0.05) is 19.2 Å². The molecule has 1 aliphatic carbocycles. The van der Waals surface area contributed by atoms with Gasteiger partial charge in [0.05, 0.1) is 6.10 Å². The highest BCUT2D eigenvalue weighted by Crippen LogP contribution is 2.32. The second kappa shape index (κ2) is 5.18. The second-order valence-corrected chi connectivity index (χ2v) is 4.31. The van der Waals surface area contributed by atoms with Crippen molar-refractivity contribution >= 4 is 17.6 Å². The monoisotopic (exact) mass is 237 g/mol. The van der Waals surface area contributed by atoms with Gasteiger partial charge in [-0.05, 0) is 25.7 Å². The molecule has 0 amide bonds. The fourth-order valence-corrected chi connectivity index (χ4v) is 1.68. The number of nitrogens with one attached hydrogen (secondary N) is 2. The van der Waals surface area contributed by atoms with Crippen molar-refractivity contribution in [1.29, 1.82) is 0 Å². The Balaban J connectivity index is 1.94. The molecule has 1 aliphatic rings. The maximum atomic E-state index is 9.74. The van der Waals surface area contributed by atoms with Crippen LogP contribution in [0.15, 0.2) is 6.07 Å². The third-order valence-corrected chi connectivity index (χ3v) is 2.76. The maximum Gasteiger partial charge on any atom is 0.223 e. The number of rotatable bonds is 6. The summed E-state index contributed by atoms with van der Waals surface area (Å²) >= 11 is 0. The molecule has 94 valence electrons. The zero-order valence-corrected chi connectivity index (χ0v) is 9.98. The molecule has 1 fully saturated rings. The van der Waals surface area contributed by atoms with E-state index >= 15 is 0 Å². The molecule has 0 spiro atoms. The third kappa shape index (κ3) is 3.45. The van der Waals surface area contributed by atoms with E-state index in [4.69, 9.17) is 5.73 Å². The molecule has 1 unspecified atom stereocenters. The molecular formula is C11H19N5O. The lowest BCUT2D eigenvalue weighted by atomic mass is 10.2. The van der Waals surface area contributed by atoms with Gasteiger partial charge >= 0.3 is 0 Å². The second-order valence-electron chi connectivity index (χ2n) is 4.31. The molecule has 0 aliphatic heterocycles. The van der Waals surface area contributed by atoms with Gasteiger partial charge in [0.15, 0.2) is 0 Å². The molecule has 0 radical (unpaired) electrons. The molecule has 1 aromatic rings. The molecule has 0 aromatic carbocycles. The number of aliphatic hydroxyl groups is 1. The molecule has 0 bridgehead atoms. The number of aliphatic hydroxyl groups excluding tert-OH is 1. The zero-order chi connectivity index (χ0) is 12.3. The van der Waals surface area contributed by atoms with Gasteiger partial charge in [0.1, 0.15) is 11.6 Å². The molecule has 6 nitrogen and oxygen atoms in total. The van der Waals surface area contributed by atoms with E-state index < -0.39 is 0 Å². The highest BCUT2D eigenvalue weighted by Gasteiger charge is 2.29. The number of hydrogen-bond acceptors (Lipinski definition) is 6. The number of anilines is 3. The average molecular weight is 237 g/mol. The number of nitrogens with two attached hydrogens (primary N) is 1. The lowest BCUT2D eigenvalue weighted by Gasteiger charge is -2.12. The van der Waals surface area contributed by atoms with E-state index in [-0.39, 0.29) is 12.1 Å². The number of nitrogens with zero attached hydrogens (tertiary/aromatic N) is 2. The molecular weight excluding hydrogens is 218 g/mol. The molecule has 1 heterocycles. The molecule has 0 saturated heterocycles. The van der Waals surface area contributed by atoms with E-state index in [1.165, 1.54) is 0 Å². The first-order chi connectivity index (χ1) is 8.19. The van der Waals surface area contributed by atoms with Gasteiger partial charge in [-0.3, -0.25) is 0 Å². The van der Waals surface area contributed by atoms with Crippen molar-refractivity contribution in [1.82, 2.24) is 9.97 Å². The van der Waals surface area contributed by atoms with Crippen LogP contribution in [0.3, 0.4) is 0 Å². The molecule has 5 N–H and O–H groups in total. The van der Waals surface area contributed by atoms with E-state index in [1.807, 2.05) is 6.92 Å². The minimum absolute atomic E-state index is 0.229. The fraction of sp³-hybridized carbons (Fsp3) is 0.636. The van der Waals surface area contributed by atoms with Crippen LogP contribution in [0.2, 0.25) is 0 Å². The molecule has 2 rings (SSSR count). The first-order valence-electron chi connectivity index (χ1n) is 5.99. The summed E-state index contributed by atoms with van der Waals surface area (Å²) in [6.45, 7) is 3.27. The van der Waals surface area contributed by atoms with E-state index in [9.17, 15) is 5.11 Å². The summed E-state index contributed by atoms with van der Waals surface area (Å²) in [6.07, 6.45) is 1.95. The van der Waals surface area contributed by atoms with Gasteiger partial charge < -0.3 is 21.5 Å². The molecule has 1 aromatic heterocycles. The fourth-order valence-electron chi connectivity index (χ4n) is 1.68. The molecule has 1 atom stereocenters. The highest BCUT2D eigenvalue weighted by molar-refractivity contribution is 5.50. The van der Waals surface area contributed by atoms with Gasteiger partial charge in [-0.15, -0.1) is 0 Å². The largest absolute Gasteiger partial charge is 0.391 e. The van der Waals surface area contributed by atoms with E-state index in [1.54, 1.807) is 6.07 Å². The van der Waals surface area contributed by atoms with E-state index in [2.05, 4.69) is 20.6 Å². The van der Waals surface area contributed by atoms with Crippen molar-refractivity contribution in [3.63, 3.8) is 0 Å². The highest BCUT2D eigenvalue weighted by atomic mass is 16.3. The van der Waals surface area contributed by atoms with Crippen molar-refractivity contribution in [2.75, 3.05) is 29.5 Å². The van der Waals surface area contributed by atoms with Gasteiger partial charge in [0.2, 0.25) is 5.95 Å². The minimum atomic E-state index is -0.297. The maximum absolute atomic E-state index is 9.74. The van der Waals surface area contributed by atoms with Crippen LogP contribution in [0, 0.1) is 5.92 Å². The Hall–Kier alpha value is -1.56. The van der Waals surface area contributed by atoms with E-state index in [0.29, 0.717) is 24.1 Å². The third-order valence-electron chi connectivity index (χ3n) is 2.76. The van der Waals surface area contributed by atoms with Crippen LogP contribution in [0.25, 0.3) is 0 Å². The van der Waals surface area contributed by atoms with Gasteiger partial charge in [-0.2, -0.15) is 9.97 Å². The van der Waals surface area contributed by atoms with Gasteiger partial charge in [-0.25, -0.2) is 0 Å². The topological polar surface area (TPSA) is 96.1 Å². The van der Waals surface area contributed by atoms with Crippen LogP contribution in [0.1, 0.15) is 19.8 Å². The minimum Gasteiger partial charge on any atom is -0.391 e. The summed E-state index contributed by atoms with van der Waals surface area (Å²) < 4.78 is 0. The molecule has 17 heavy (non-hydrogen) atoms. The van der Waals surface area contributed by atoms with Gasteiger partial charge in [0.25, 0.3) is 0 Å². The van der Waals surface area contributed by atoms with Crippen LogP contribution in [0.5, 0.6) is 0 Å². The van der Waals surface area contributed by atoms with E-state index in [0.717, 1.165) is 19.4 Å². The quantitative estimate of drug-likeness (QED) is 0.581. The normalized spacial score (nSPS) is 16.6. The molecule has 1 saturated carbocycles. The lowest BCUT2D eigenvalue weighted by molar-refractivity contribution is 0.164. The Morgan fingerprint density at radius 3 is 2.65 bits per heavy atom. The van der Waals surface area contributed by atoms with Crippen molar-refractivity contribution in [3.05, 3.63) is 6.07 Å². The lowest BCUT2D eigenvalue weighted by Crippen LogP contribution is -2.22. The van der Waals surface area contributed by atoms with Crippen LogP contribution in [0.4, 0.5) is 17.6 Å². The summed E-state index contributed by atoms with van der Waals surface area (Å²) in [5.74, 6) is 2.03. The van der Waals surface area contributed by atoms with Crippen molar-refractivity contribution < 1.29 is 5.11 Å². The smallest absolute Gasteiger partial charge is 0.223 e. The standard InChI is InChI=1S/C11H19N5O/c1-2-13-9-5-10(16-11(12)15-9)14-6-8(17)7-3-4-7/h5,7-8,17H,2-4,6H2,1H3,(H4,12,13,14,15,16). The summed E-state index contributed by atoms with van der Waals surface area (Å²) in [5.41, 5.74) is 5.60. The zero-order valence-electron chi connectivity index (χ0n) is 9.98. The van der Waals surface area contributed by atoms with Crippen LogP contribution in [-0.4, -0.2) is 34.3 Å². The number of hydrogen-bond donors (Lipinski definition) is 4. The Kier molecular flexibility index (Phi) is 3.63. The summed E-state index contributed by atoms with van der Waals surface area (Å²) in [5, 5.41) is 15.9. The molecule has 6 heteroatoms. The van der Waals surface area contributed by atoms with Gasteiger partial charge in [-0.1, -0.05) is 0 Å². The SMILES string of the molecule is CCNc1cc(NCC(O)C2CC2)nc(N)n1. The summed E-state index contributed by atoms with van der Waals surface area (Å²) in [4.78, 5) is 8.12. The van der Waals surface area contributed by atoms with Crippen molar-refractivity contribution in [2.45, 2.75) is 25.9 Å². The predicted molar refractivity (Wildman–Crippen MR) is 67.8 cm³/mol.